The Bertz CT molecular complexity index is 1960. The van der Waals surface area contributed by atoms with Gasteiger partial charge in [0.25, 0.3) is 0 Å². The second-order valence-electron chi connectivity index (χ2n) is 30.1. The molecule has 19 heteroatoms. The maximum atomic E-state index is 13.1. The highest BCUT2D eigenvalue weighted by molar-refractivity contribution is 7.47. The Morgan fingerprint density at radius 3 is 0.660 bits per heavy atom. The van der Waals surface area contributed by atoms with Crippen LogP contribution in [0.3, 0.4) is 0 Å². The lowest BCUT2D eigenvalue weighted by molar-refractivity contribution is -0.161. The van der Waals surface area contributed by atoms with Gasteiger partial charge in [0.05, 0.1) is 26.4 Å². The minimum Gasteiger partial charge on any atom is -0.462 e. The molecule has 0 rings (SSSR count). The summed E-state index contributed by atoms with van der Waals surface area (Å²) < 4.78 is 68.6. The fraction of sp³-hybridized carbons (Fsp3) is 0.951. The van der Waals surface area contributed by atoms with E-state index in [1.807, 2.05) is 0 Å². The number of esters is 4. The van der Waals surface area contributed by atoms with Gasteiger partial charge in [-0.1, -0.05) is 364 Å². The molecule has 0 radical (unpaired) electrons. The normalized spacial score (nSPS) is 15.1. The summed E-state index contributed by atoms with van der Waals surface area (Å²) in [6.07, 6.45) is 57.0. The highest BCUT2D eigenvalue weighted by Gasteiger charge is 2.30. The van der Waals surface area contributed by atoms with E-state index in [1.165, 1.54) is 212 Å². The summed E-state index contributed by atoms with van der Waals surface area (Å²) in [7, 11) is -9.92. The lowest BCUT2D eigenvalue weighted by atomic mass is 9.99. The number of carbonyl (C=O) groups is 4. The van der Waals surface area contributed by atoms with E-state index in [-0.39, 0.29) is 25.7 Å². The molecule has 6 unspecified atom stereocenters. The Balaban J connectivity index is 5.19. The largest absolute Gasteiger partial charge is 0.472 e. The van der Waals surface area contributed by atoms with Crippen molar-refractivity contribution in [3.8, 4) is 0 Å². The predicted molar refractivity (Wildman–Crippen MR) is 409 cm³/mol. The van der Waals surface area contributed by atoms with E-state index in [2.05, 4.69) is 55.4 Å². The van der Waals surface area contributed by atoms with Crippen LogP contribution in [0, 0.1) is 23.7 Å². The van der Waals surface area contributed by atoms with Crippen molar-refractivity contribution >= 4 is 39.5 Å². The Morgan fingerprint density at radius 2 is 0.450 bits per heavy atom. The molecule has 100 heavy (non-hydrogen) atoms. The minimum atomic E-state index is -4.96. The maximum Gasteiger partial charge on any atom is 0.472 e. The van der Waals surface area contributed by atoms with E-state index in [0.29, 0.717) is 25.7 Å². The number of aliphatic hydroxyl groups excluding tert-OH is 1. The Kier molecular flexibility index (Phi) is 68.7. The van der Waals surface area contributed by atoms with E-state index >= 15 is 0 Å². The van der Waals surface area contributed by atoms with Crippen LogP contribution in [0.2, 0.25) is 0 Å². The van der Waals surface area contributed by atoms with Gasteiger partial charge in [-0.05, 0) is 49.4 Å². The molecular weight excluding hydrogens is 1310 g/mol. The first-order chi connectivity index (χ1) is 48.2. The molecule has 0 saturated carbocycles. The van der Waals surface area contributed by atoms with E-state index in [4.69, 9.17) is 37.0 Å². The molecule has 0 saturated heterocycles. The van der Waals surface area contributed by atoms with Crippen LogP contribution < -0.4 is 0 Å². The first-order valence-electron chi connectivity index (χ1n) is 41.9. The van der Waals surface area contributed by atoms with Crippen LogP contribution in [0.5, 0.6) is 0 Å². The van der Waals surface area contributed by atoms with Gasteiger partial charge in [0.15, 0.2) is 12.2 Å². The zero-order chi connectivity index (χ0) is 73.8. The summed E-state index contributed by atoms with van der Waals surface area (Å²) in [5, 5.41) is 10.6. The second-order valence-corrected chi connectivity index (χ2v) is 33.0. The van der Waals surface area contributed by atoms with Crippen LogP contribution >= 0.6 is 15.6 Å². The number of unbranched alkanes of at least 4 members (excludes halogenated alkanes) is 40. The number of phosphoric acid groups is 2. The highest BCUT2D eigenvalue weighted by Crippen LogP contribution is 2.45. The third-order valence-electron chi connectivity index (χ3n) is 20.3. The third-order valence-corrected chi connectivity index (χ3v) is 22.2. The molecule has 0 aliphatic heterocycles. The van der Waals surface area contributed by atoms with E-state index < -0.39 is 97.5 Å². The Morgan fingerprint density at radius 1 is 0.270 bits per heavy atom. The van der Waals surface area contributed by atoms with Crippen LogP contribution in [0.4, 0.5) is 0 Å². The molecule has 0 aliphatic carbocycles. The van der Waals surface area contributed by atoms with Crippen LogP contribution in [0.25, 0.3) is 0 Å². The van der Waals surface area contributed by atoms with Crippen LogP contribution in [-0.4, -0.2) is 96.7 Å². The van der Waals surface area contributed by atoms with Crippen molar-refractivity contribution in [2.45, 2.75) is 433 Å². The number of ether oxygens (including phenoxy) is 4. The number of hydrogen-bond acceptors (Lipinski definition) is 15. The van der Waals surface area contributed by atoms with Crippen molar-refractivity contribution < 1.29 is 80.2 Å². The van der Waals surface area contributed by atoms with Crippen LogP contribution in [0.15, 0.2) is 0 Å². The quantitative estimate of drug-likeness (QED) is 0.0222. The minimum absolute atomic E-state index is 0.102. The van der Waals surface area contributed by atoms with Gasteiger partial charge in [-0.2, -0.15) is 0 Å². The number of carbonyl (C=O) groups excluding carboxylic acids is 4. The summed E-state index contributed by atoms with van der Waals surface area (Å²) in [6.45, 7) is 14.3. The monoisotopic (exact) mass is 1470 g/mol. The zero-order valence-electron chi connectivity index (χ0n) is 65.8. The second kappa shape index (κ2) is 70.1. The van der Waals surface area contributed by atoms with Gasteiger partial charge >= 0.3 is 39.5 Å². The van der Waals surface area contributed by atoms with Crippen LogP contribution in [-0.2, 0) is 65.4 Å². The summed E-state index contributed by atoms with van der Waals surface area (Å²) in [4.78, 5) is 72.9. The lowest BCUT2D eigenvalue weighted by Gasteiger charge is -2.21. The molecule has 3 N–H and O–H groups in total. The summed E-state index contributed by atoms with van der Waals surface area (Å²) in [5.74, 6) is 1.05. The van der Waals surface area contributed by atoms with Crippen molar-refractivity contribution in [1.82, 2.24) is 0 Å². The van der Waals surface area contributed by atoms with Crippen molar-refractivity contribution in [2.24, 2.45) is 23.7 Å². The number of hydrogen-bond donors (Lipinski definition) is 3. The van der Waals surface area contributed by atoms with Crippen molar-refractivity contribution in [3.63, 3.8) is 0 Å². The third kappa shape index (κ3) is 69.1. The van der Waals surface area contributed by atoms with Gasteiger partial charge < -0.3 is 33.8 Å². The van der Waals surface area contributed by atoms with Gasteiger partial charge in [-0.15, -0.1) is 0 Å². The first-order valence-corrected chi connectivity index (χ1v) is 44.8. The summed E-state index contributed by atoms with van der Waals surface area (Å²) in [5.41, 5.74) is 0. The first kappa shape index (κ1) is 98.1. The topological polar surface area (TPSA) is 237 Å². The molecule has 0 amide bonds. The average molecular weight is 1470 g/mol. The Labute approximate surface area is 613 Å². The molecule has 0 heterocycles. The van der Waals surface area contributed by atoms with Gasteiger partial charge in [0, 0.05) is 25.7 Å². The maximum absolute atomic E-state index is 13.1. The molecule has 17 nitrogen and oxygen atoms in total. The Hall–Kier alpha value is -1.94. The molecular formula is C81H158O17P2. The van der Waals surface area contributed by atoms with Gasteiger partial charge in [0.1, 0.15) is 19.3 Å². The average Bonchev–Trinajstić information content (AvgIpc) is 0.958. The molecule has 0 spiro atoms. The lowest BCUT2D eigenvalue weighted by Crippen LogP contribution is -2.30. The van der Waals surface area contributed by atoms with Gasteiger partial charge in [-0.3, -0.25) is 37.3 Å². The van der Waals surface area contributed by atoms with Crippen LogP contribution in [0.1, 0.15) is 415 Å². The van der Waals surface area contributed by atoms with Gasteiger partial charge in [-0.25, -0.2) is 9.13 Å². The molecule has 0 aromatic heterocycles. The molecule has 0 fully saturated rings. The fourth-order valence-electron chi connectivity index (χ4n) is 12.3. The van der Waals surface area contributed by atoms with E-state index in [1.54, 1.807) is 0 Å². The zero-order valence-corrected chi connectivity index (χ0v) is 67.6. The van der Waals surface area contributed by atoms with Crippen molar-refractivity contribution in [3.05, 3.63) is 0 Å². The smallest absolute Gasteiger partial charge is 0.462 e. The van der Waals surface area contributed by atoms with E-state index in [0.717, 1.165) is 120 Å². The van der Waals surface area contributed by atoms with Crippen molar-refractivity contribution in [1.29, 1.82) is 0 Å². The summed E-state index contributed by atoms with van der Waals surface area (Å²) >= 11 is 0. The predicted octanol–water partition coefficient (Wildman–Crippen LogP) is 24.0. The fourth-order valence-corrected chi connectivity index (χ4v) is 13.9. The van der Waals surface area contributed by atoms with Crippen molar-refractivity contribution in [2.75, 3.05) is 39.6 Å². The summed E-state index contributed by atoms with van der Waals surface area (Å²) in [6, 6.07) is 0. The molecule has 0 aromatic carbocycles. The number of rotatable bonds is 78. The highest BCUT2D eigenvalue weighted by atomic mass is 31.2. The molecule has 9 atom stereocenters. The molecule has 0 aromatic rings. The molecule has 0 bridgehead atoms. The number of aliphatic hydroxyl groups is 1. The molecule has 594 valence electrons. The standard InChI is InChI=1S/C81H158O17P2/c1-9-71(5)57-49-41-33-29-25-21-17-15-13-14-16-18-23-27-31-35-45-53-61-78(83)91-67-76(97-80(85)63-55-47-36-32-28-24-20-19-22-26-30-34-42-50-58-72(6)10-2)69-95-99(87,88)93-65-75(82)66-94-100(89,90)96-70-77(98-81(86)64-56-48-40-38-44-52-60-74(8)12-4)68-92-79(84)62-54-46-39-37-43-51-59-73(7)11-3/h71-77,82H,9-70H2,1-8H3,(H,87,88)(H,89,90)/t71?,72?,73?,74?,75-,76-,77-/m1/s1. The number of phosphoric ester groups is 2. The SMILES string of the molecule is CCC(C)CCCCCCCCCCCCCCCCCCCCC(=O)OC[C@H](COP(=O)(O)OC[C@@H](O)COP(=O)(O)OC[C@@H](COC(=O)CCCCCCCCC(C)CC)OC(=O)CCCCCCCCC(C)CC)OC(=O)CCCCCCCCCCCCCCCCC(C)CC. The molecule has 0 aliphatic rings. The van der Waals surface area contributed by atoms with E-state index in [9.17, 15) is 43.2 Å². The van der Waals surface area contributed by atoms with Gasteiger partial charge in [0.2, 0.25) is 0 Å².